The molecule has 2 aliphatic heterocycles. The molecule has 1 aromatic rings. The van der Waals surface area contributed by atoms with Crippen LogP contribution in [0.5, 0.6) is 0 Å². The number of piperidine rings is 1. The highest BCUT2D eigenvalue weighted by Crippen LogP contribution is 2.26. The van der Waals surface area contributed by atoms with Gasteiger partial charge in [-0.15, -0.1) is 0 Å². The molecular weight excluding hydrogens is 246 g/mol. The van der Waals surface area contributed by atoms with Gasteiger partial charge in [-0.1, -0.05) is 11.6 Å². The number of thioether (sulfide) groups is 1. The fourth-order valence-electron chi connectivity index (χ4n) is 2.76. The first-order valence-corrected chi connectivity index (χ1v) is 8.21. The van der Waals surface area contributed by atoms with E-state index in [1.807, 2.05) is 0 Å². The molecule has 1 atom stereocenters. The Morgan fingerprint density at radius 2 is 2.11 bits per heavy atom. The van der Waals surface area contributed by atoms with Crippen molar-refractivity contribution in [3.05, 3.63) is 11.7 Å². The van der Waals surface area contributed by atoms with E-state index in [1.54, 1.807) is 0 Å². The molecular formula is C13H21N3OS. The average molecular weight is 267 g/mol. The molecule has 2 fully saturated rings. The van der Waals surface area contributed by atoms with Crippen LogP contribution in [-0.4, -0.2) is 28.2 Å². The van der Waals surface area contributed by atoms with E-state index >= 15 is 0 Å². The maximum atomic E-state index is 5.42. The van der Waals surface area contributed by atoms with Crippen molar-refractivity contribution in [2.24, 2.45) is 5.92 Å². The Balaban J connectivity index is 1.58. The van der Waals surface area contributed by atoms with Gasteiger partial charge in [0.1, 0.15) is 0 Å². The SMILES string of the molecule is C1CCC(c2nc(CC3CCSCC3)no2)NC1. The molecule has 0 amide bonds. The summed E-state index contributed by atoms with van der Waals surface area (Å²) in [6, 6.07) is 0.293. The molecule has 100 valence electrons. The molecule has 0 radical (unpaired) electrons. The van der Waals surface area contributed by atoms with Crippen molar-refractivity contribution < 1.29 is 4.52 Å². The van der Waals surface area contributed by atoms with E-state index in [0.29, 0.717) is 6.04 Å². The van der Waals surface area contributed by atoms with Gasteiger partial charge in [0, 0.05) is 6.42 Å². The number of nitrogens with one attached hydrogen (secondary N) is 1. The molecule has 0 spiro atoms. The minimum absolute atomic E-state index is 0.293. The minimum atomic E-state index is 0.293. The van der Waals surface area contributed by atoms with Gasteiger partial charge < -0.3 is 9.84 Å². The number of hydrogen-bond donors (Lipinski definition) is 1. The maximum absolute atomic E-state index is 5.42. The molecule has 1 N–H and O–H groups in total. The molecule has 0 aliphatic carbocycles. The van der Waals surface area contributed by atoms with Gasteiger partial charge >= 0.3 is 0 Å². The van der Waals surface area contributed by atoms with Gasteiger partial charge in [-0.3, -0.25) is 0 Å². The van der Waals surface area contributed by atoms with Gasteiger partial charge in [0.15, 0.2) is 5.82 Å². The van der Waals surface area contributed by atoms with Crippen molar-refractivity contribution in [1.29, 1.82) is 0 Å². The zero-order chi connectivity index (χ0) is 12.2. The number of aromatic nitrogens is 2. The lowest BCUT2D eigenvalue weighted by molar-refractivity contribution is 0.295. The summed E-state index contributed by atoms with van der Waals surface area (Å²) in [6.45, 7) is 1.07. The Labute approximate surface area is 112 Å². The Bertz CT molecular complexity index is 370. The second kappa shape index (κ2) is 6.06. The van der Waals surface area contributed by atoms with Crippen LogP contribution in [0.2, 0.25) is 0 Å². The zero-order valence-corrected chi connectivity index (χ0v) is 11.5. The van der Waals surface area contributed by atoms with Crippen LogP contribution in [0.3, 0.4) is 0 Å². The second-order valence-corrected chi connectivity index (χ2v) is 6.54. The van der Waals surface area contributed by atoms with Crippen molar-refractivity contribution in [3.8, 4) is 0 Å². The first-order valence-electron chi connectivity index (χ1n) is 7.05. The Kier molecular flexibility index (Phi) is 4.20. The van der Waals surface area contributed by atoms with Gasteiger partial charge in [-0.25, -0.2) is 0 Å². The van der Waals surface area contributed by atoms with E-state index in [0.717, 1.165) is 37.0 Å². The molecule has 5 heteroatoms. The van der Waals surface area contributed by atoms with Gasteiger partial charge in [0.05, 0.1) is 6.04 Å². The summed E-state index contributed by atoms with van der Waals surface area (Å²) in [5.41, 5.74) is 0. The first-order chi connectivity index (χ1) is 8.92. The second-order valence-electron chi connectivity index (χ2n) is 5.31. The molecule has 2 aliphatic rings. The molecule has 4 nitrogen and oxygen atoms in total. The quantitative estimate of drug-likeness (QED) is 0.912. The highest BCUT2D eigenvalue weighted by Gasteiger charge is 2.22. The van der Waals surface area contributed by atoms with E-state index in [1.165, 1.54) is 37.2 Å². The predicted octanol–water partition coefficient (Wildman–Crippen LogP) is 2.57. The van der Waals surface area contributed by atoms with Gasteiger partial charge in [-0.05, 0) is 49.7 Å². The van der Waals surface area contributed by atoms with Crippen molar-refractivity contribution in [2.75, 3.05) is 18.1 Å². The highest BCUT2D eigenvalue weighted by atomic mass is 32.2. The largest absolute Gasteiger partial charge is 0.338 e. The summed E-state index contributed by atoms with van der Waals surface area (Å²) < 4.78 is 5.42. The van der Waals surface area contributed by atoms with Gasteiger partial charge in [0.25, 0.3) is 0 Å². The summed E-state index contributed by atoms with van der Waals surface area (Å²) >= 11 is 2.06. The lowest BCUT2D eigenvalue weighted by Crippen LogP contribution is -2.27. The van der Waals surface area contributed by atoms with Crippen LogP contribution in [0.4, 0.5) is 0 Å². The van der Waals surface area contributed by atoms with E-state index in [2.05, 4.69) is 27.2 Å². The third kappa shape index (κ3) is 3.06. The number of hydrogen-bond acceptors (Lipinski definition) is 5. The summed E-state index contributed by atoms with van der Waals surface area (Å²) in [4.78, 5) is 4.58. The van der Waals surface area contributed by atoms with Crippen LogP contribution >= 0.6 is 11.8 Å². The fraction of sp³-hybridized carbons (Fsp3) is 0.846. The third-order valence-electron chi connectivity index (χ3n) is 3.90. The average Bonchev–Trinajstić information content (AvgIpc) is 2.89. The highest BCUT2D eigenvalue weighted by molar-refractivity contribution is 7.99. The third-order valence-corrected chi connectivity index (χ3v) is 4.95. The van der Waals surface area contributed by atoms with Crippen molar-refractivity contribution in [2.45, 2.75) is 44.6 Å². The van der Waals surface area contributed by atoms with Crippen LogP contribution in [0, 0.1) is 5.92 Å². The summed E-state index contributed by atoms with van der Waals surface area (Å²) in [7, 11) is 0. The molecule has 0 saturated carbocycles. The van der Waals surface area contributed by atoms with Crippen molar-refractivity contribution >= 4 is 11.8 Å². The van der Waals surface area contributed by atoms with Crippen molar-refractivity contribution in [3.63, 3.8) is 0 Å². The topological polar surface area (TPSA) is 51.0 Å². The lowest BCUT2D eigenvalue weighted by Gasteiger charge is -2.20. The van der Waals surface area contributed by atoms with Crippen LogP contribution in [0.25, 0.3) is 0 Å². The summed E-state index contributed by atoms with van der Waals surface area (Å²) in [6.07, 6.45) is 7.25. The van der Waals surface area contributed by atoms with Crippen LogP contribution < -0.4 is 5.32 Å². The van der Waals surface area contributed by atoms with E-state index < -0.39 is 0 Å². The minimum Gasteiger partial charge on any atom is -0.338 e. The normalized spacial score (nSPS) is 26.3. The zero-order valence-electron chi connectivity index (χ0n) is 10.7. The van der Waals surface area contributed by atoms with Crippen LogP contribution in [-0.2, 0) is 6.42 Å². The molecule has 0 bridgehead atoms. The van der Waals surface area contributed by atoms with E-state index in [-0.39, 0.29) is 0 Å². The monoisotopic (exact) mass is 267 g/mol. The molecule has 18 heavy (non-hydrogen) atoms. The van der Waals surface area contributed by atoms with Crippen LogP contribution in [0.15, 0.2) is 4.52 Å². The molecule has 3 rings (SSSR count). The number of rotatable bonds is 3. The molecule has 3 heterocycles. The Morgan fingerprint density at radius 3 is 2.89 bits per heavy atom. The standard InChI is InChI=1S/C13H21N3OS/c1-2-6-14-11(3-1)13-15-12(16-17-13)9-10-4-7-18-8-5-10/h10-11,14H,1-9H2. The van der Waals surface area contributed by atoms with Gasteiger partial charge in [0.2, 0.25) is 5.89 Å². The van der Waals surface area contributed by atoms with E-state index in [4.69, 9.17) is 4.52 Å². The maximum Gasteiger partial charge on any atom is 0.243 e. The van der Waals surface area contributed by atoms with Crippen molar-refractivity contribution in [1.82, 2.24) is 15.5 Å². The summed E-state index contributed by atoms with van der Waals surface area (Å²) in [5, 5.41) is 7.61. The summed E-state index contributed by atoms with van der Waals surface area (Å²) in [5.74, 6) is 5.05. The molecule has 0 aromatic carbocycles. The molecule has 2 saturated heterocycles. The van der Waals surface area contributed by atoms with E-state index in [9.17, 15) is 0 Å². The Hall–Kier alpha value is -0.550. The predicted molar refractivity (Wildman–Crippen MR) is 72.6 cm³/mol. The molecule has 1 aromatic heterocycles. The first kappa shape index (κ1) is 12.5. The van der Waals surface area contributed by atoms with Gasteiger partial charge in [-0.2, -0.15) is 16.7 Å². The smallest absolute Gasteiger partial charge is 0.243 e. The lowest BCUT2D eigenvalue weighted by atomic mass is 9.99. The Morgan fingerprint density at radius 1 is 1.22 bits per heavy atom. The van der Waals surface area contributed by atoms with Crippen LogP contribution in [0.1, 0.15) is 49.9 Å². The molecule has 1 unspecified atom stereocenters. The fourth-order valence-corrected chi connectivity index (χ4v) is 3.97. The number of nitrogens with zero attached hydrogens (tertiary/aromatic N) is 2.